The number of nitrogens with zero attached hydrogens (tertiary/aromatic N) is 3. The van der Waals surface area contributed by atoms with Gasteiger partial charge in [0, 0.05) is 26.0 Å². The standard InChI is InChI=1S/C13H25N3O2/c1-13(2,3)18-10-11(17)8-15(4)9-12-14-6-7-16(12)5/h6-7,11,17H,8-10H2,1-5H3. The predicted octanol–water partition coefficient (Wildman–Crippen LogP) is 1.03. The molecule has 0 aliphatic rings. The van der Waals surface area contributed by atoms with Gasteiger partial charge >= 0.3 is 0 Å². The summed E-state index contributed by atoms with van der Waals surface area (Å²) < 4.78 is 7.53. The van der Waals surface area contributed by atoms with Gasteiger partial charge in [-0.2, -0.15) is 0 Å². The van der Waals surface area contributed by atoms with Crippen LogP contribution in [0.2, 0.25) is 0 Å². The summed E-state index contributed by atoms with van der Waals surface area (Å²) in [6.45, 7) is 7.60. The Morgan fingerprint density at radius 2 is 2.17 bits per heavy atom. The van der Waals surface area contributed by atoms with Gasteiger partial charge in [0.05, 0.1) is 24.9 Å². The lowest BCUT2D eigenvalue weighted by molar-refractivity contribution is -0.0552. The minimum atomic E-state index is -0.477. The molecule has 1 aromatic rings. The fraction of sp³-hybridized carbons (Fsp3) is 0.769. The zero-order valence-electron chi connectivity index (χ0n) is 12.1. The molecule has 1 N–H and O–H groups in total. The molecular formula is C13H25N3O2. The molecule has 0 aliphatic heterocycles. The fourth-order valence-electron chi connectivity index (χ4n) is 1.61. The van der Waals surface area contributed by atoms with Crippen LogP contribution in [0.1, 0.15) is 26.6 Å². The summed E-state index contributed by atoms with van der Waals surface area (Å²) in [4.78, 5) is 6.30. The number of imidazole rings is 1. The molecule has 0 radical (unpaired) electrons. The van der Waals surface area contributed by atoms with E-state index in [0.29, 0.717) is 13.2 Å². The van der Waals surface area contributed by atoms with Crippen molar-refractivity contribution >= 4 is 0 Å². The molecule has 0 bridgehead atoms. The van der Waals surface area contributed by atoms with E-state index in [-0.39, 0.29) is 5.60 Å². The summed E-state index contributed by atoms with van der Waals surface area (Å²) >= 11 is 0. The summed E-state index contributed by atoms with van der Waals surface area (Å²) in [6, 6.07) is 0. The molecule has 0 spiro atoms. The van der Waals surface area contributed by atoms with Gasteiger partial charge in [-0.1, -0.05) is 0 Å². The fourth-order valence-corrected chi connectivity index (χ4v) is 1.61. The van der Waals surface area contributed by atoms with E-state index < -0.39 is 6.10 Å². The van der Waals surface area contributed by atoms with Crippen LogP contribution < -0.4 is 0 Å². The van der Waals surface area contributed by atoms with Gasteiger partial charge in [-0.15, -0.1) is 0 Å². The molecule has 5 nitrogen and oxygen atoms in total. The number of rotatable bonds is 6. The molecule has 1 heterocycles. The smallest absolute Gasteiger partial charge is 0.122 e. The minimum absolute atomic E-state index is 0.209. The Hall–Kier alpha value is -0.910. The van der Waals surface area contributed by atoms with Crippen LogP contribution in [-0.4, -0.2) is 51.5 Å². The molecule has 1 atom stereocenters. The Morgan fingerprint density at radius 1 is 1.50 bits per heavy atom. The van der Waals surface area contributed by atoms with E-state index in [9.17, 15) is 5.11 Å². The third-order valence-corrected chi connectivity index (χ3v) is 2.56. The zero-order chi connectivity index (χ0) is 13.8. The van der Waals surface area contributed by atoms with E-state index in [4.69, 9.17) is 4.74 Å². The van der Waals surface area contributed by atoms with Crippen molar-refractivity contribution in [1.29, 1.82) is 0 Å². The highest BCUT2D eigenvalue weighted by Gasteiger charge is 2.15. The summed E-state index contributed by atoms with van der Waals surface area (Å²) in [6.07, 6.45) is 3.22. The lowest BCUT2D eigenvalue weighted by atomic mass is 10.2. The van der Waals surface area contributed by atoms with E-state index in [1.165, 1.54) is 0 Å². The van der Waals surface area contributed by atoms with Crippen molar-refractivity contribution in [3.63, 3.8) is 0 Å². The van der Waals surface area contributed by atoms with E-state index in [1.54, 1.807) is 6.20 Å². The second kappa shape index (κ2) is 6.31. The predicted molar refractivity (Wildman–Crippen MR) is 71.3 cm³/mol. The lowest BCUT2D eigenvalue weighted by Crippen LogP contribution is -2.35. The first-order valence-electron chi connectivity index (χ1n) is 6.24. The highest BCUT2D eigenvalue weighted by Crippen LogP contribution is 2.08. The van der Waals surface area contributed by atoms with Crippen LogP contribution in [-0.2, 0) is 18.3 Å². The molecule has 1 unspecified atom stereocenters. The quantitative estimate of drug-likeness (QED) is 0.825. The third kappa shape index (κ3) is 5.62. The molecule has 0 aromatic carbocycles. The minimum Gasteiger partial charge on any atom is -0.389 e. The molecule has 1 rings (SSSR count). The average molecular weight is 255 g/mol. The SMILES string of the molecule is CN(Cc1nccn1C)CC(O)COC(C)(C)C. The van der Waals surface area contributed by atoms with Crippen molar-refractivity contribution in [2.24, 2.45) is 7.05 Å². The van der Waals surface area contributed by atoms with Crippen LogP contribution >= 0.6 is 0 Å². The average Bonchev–Trinajstić information content (AvgIpc) is 2.60. The van der Waals surface area contributed by atoms with Crippen LogP contribution in [0, 0.1) is 0 Å². The van der Waals surface area contributed by atoms with Crippen LogP contribution in [0.15, 0.2) is 12.4 Å². The summed E-state index contributed by atoms with van der Waals surface area (Å²) in [5.74, 6) is 0.987. The van der Waals surface area contributed by atoms with E-state index >= 15 is 0 Å². The van der Waals surface area contributed by atoms with Crippen LogP contribution in [0.5, 0.6) is 0 Å². The van der Waals surface area contributed by atoms with E-state index in [2.05, 4.69) is 4.98 Å². The Morgan fingerprint density at radius 3 is 2.67 bits per heavy atom. The molecule has 18 heavy (non-hydrogen) atoms. The molecule has 0 fully saturated rings. The maximum Gasteiger partial charge on any atom is 0.122 e. The number of likely N-dealkylation sites (N-methyl/N-ethyl adjacent to an activating group) is 1. The molecule has 5 heteroatoms. The Balaban J connectivity index is 2.31. The maximum absolute atomic E-state index is 9.89. The van der Waals surface area contributed by atoms with Gasteiger partial charge in [0.1, 0.15) is 5.82 Å². The van der Waals surface area contributed by atoms with Gasteiger partial charge in [-0.25, -0.2) is 4.98 Å². The van der Waals surface area contributed by atoms with Gasteiger partial charge in [0.2, 0.25) is 0 Å². The molecule has 0 aliphatic carbocycles. The van der Waals surface area contributed by atoms with Crippen molar-refractivity contribution < 1.29 is 9.84 Å². The zero-order valence-corrected chi connectivity index (χ0v) is 12.1. The first-order chi connectivity index (χ1) is 8.28. The van der Waals surface area contributed by atoms with Crippen molar-refractivity contribution in [3.05, 3.63) is 18.2 Å². The number of aliphatic hydroxyl groups is 1. The van der Waals surface area contributed by atoms with Crippen molar-refractivity contribution in [1.82, 2.24) is 14.5 Å². The Labute approximate surface area is 109 Å². The first-order valence-corrected chi connectivity index (χ1v) is 6.24. The number of aryl methyl sites for hydroxylation is 1. The van der Waals surface area contributed by atoms with Gasteiger partial charge in [0.15, 0.2) is 0 Å². The number of aliphatic hydroxyl groups excluding tert-OH is 1. The third-order valence-electron chi connectivity index (χ3n) is 2.56. The Bertz CT molecular complexity index is 357. The lowest BCUT2D eigenvalue weighted by Gasteiger charge is -2.24. The molecule has 1 aromatic heterocycles. The molecule has 0 amide bonds. The van der Waals surface area contributed by atoms with Crippen molar-refractivity contribution in [2.45, 2.75) is 39.0 Å². The van der Waals surface area contributed by atoms with Gasteiger partial charge in [-0.05, 0) is 27.8 Å². The summed E-state index contributed by atoms with van der Waals surface area (Å²) in [5.41, 5.74) is -0.209. The van der Waals surface area contributed by atoms with Crippen LogP contribution in [0.3, 0.4) is 0 Å². The van der Waals surface area contributed by atoms with Crippen LogP contribution in [0.25, 0.3) is 0 Å². The normalized spacial score (nSPS) is 14.2. The highest BCUT2D eigenvalue weighted by atomic mass is 16.5. The van der Waals surface area contributed by atoms with Gasteiger partial charge < -0.3 is 14.4 Å². The molecule has 104 valence electrons. The Kier molecular flexibility index (Phi) is 5.31. The monoisotopic (exact) mass is 255 g/mol. The summed E-state index contributed by atoms with van der Waals surface area (Å²) in [5, 5.41) is 9.89. The topological polar surface area (TPSA) is 50.5 Å². The number of hydrogen-bond donors (Lipinski definition) is 1. The van der Waals surface area contributed by atoms with Crippen LogP contribution in [0.4, 0.5) is 0 Å². The second-order valence-corrected chi connectivity index (χ2v) is 5.73. The van der Waals surface area contributed by atoms with Gasteiger partial charge in [0.25, 0.3) is 0 Å². The summed E-state index contributed by atoms with van der Waals surface area (Å²) in [7, 11) is 3.93. The first kappa shape index (κ1) is 15.1. The largest absolute Gasteiger partial charge is 0.389 e. The molecule has 0 saturated carbocycles. The number of aromatic nitrogens is 2. The van der Waals surface area contributed by atoms with E-state index in [1.807, 2.05) is 50.5 Å². The molecule has 0 saturated heterocycles. The number of hydrogen-bond acceptors (Lipinski definition) is 4. The molecular weight excluding hydrogens is 230 g/mol. The number of ether oxygens (including phenoxy) is 1. The highest BCUT2D eigenvalue weighted by molar-refractivity contribution is 4.90. The second-order valence-electron chi connectivity index (χ2n) is 5.73. The van der Waals surface area contributed by atoms with Crippen molar-refractivity contribution in [3.8, 4) is 0 Å². The maximum atomic E-state index is 9.89. The van der Waals surface area contributed by atoms with Gasteiger partial charge in [-0.3, -0.25) is 4.90 Å². The van der Waals surface area contributed by atoms with Crippen molar-refractivity contribution in [2.75, 3.05) is 20.2 Å². The van der Waals surface area contributed by atoms with E-state index in [0.717, 1.165) is 12.4 Å².